The Kier molecular flexibility index (Phi) is 4.54. The molecule has 0 spiro atoms. The fraction of sp³-hybridized carbons (Fsp3) is 0.333. The van der Waals surface area contributed by atoms with E-state index in [0.717, 1.165) is 11.8 Å². The highest BCUT2D eigenvalue weighted by atomic mass is 16.5. The number of hydrogen-bond donors (Lipinski definition) is 0. The molecule has 1 aromatic rings. The van der Waals surface area contributed by atoms with Gasteiger partial charge in [-0.05, 0) is 12.0 Å². The number of aldehydes is 1. The molecule has 0 radical (unpaired) electrons. The standard InChI is InChI=1S/C12H14O3/c1-15-12(14)11(7-8-13)9-10-5-3-2-4-6-10/h2-6,8,11H,7,9H2,1H3/t11-/m1/s1. The summed E-state index contributed by atoms with van der Waals surface area (Å²) < 4.78 is 4.64. The minimum Gasteiger partial charge on any atom is -0.469 e. The number of hydrogen-bond acceptors (Lipinski definition) is 3. The second-order valence-corrected chi connectivity index (χ2v) is 3.31. The zero-order chi connectivity index (χ0) is 11.1. The first-order valence-electron chi connectivity index (χ1n) is 4.83. The second-order valence-electron chi connectivity index (χ2n) is 3.31. The average Bonchev–Trinajstić information content (AvgIpc) is 2.29. The minimum atomic E-state index is -0.366. The molecule has 0 aliphatic rings. The Balaban J connectivity index is 2.66. The van der Waals surface area contributed by atoms with E-state index in [1.165, 1.54) is 7.11 Å². The Morgan fingerprint density at radius 3 is 2.60 bits per heavy atom. The lowest BCUT2D eigenvalue weighted by Crippen LogP contribution is -2.19. The van der Waals surface area contributed by atoms with Crippen molar-refractivity contribution in [3.63, 3.8) is 0 Å². The van der Waals surface area contributed by atoms with E-state index in [2.05, 4.69) is 4.74 Å². The van der Waals surface area contributed by atoms with E-state index in [1.54, 1.807) is 0 Å². The molecule has 3 nitrogen and oxygen atoms in total. The maximum Gasteiger partial charge on any atom is 0.309 e. The minimum absolute atomic E-state index is 0.210. The Labute approximate surface area is 89.1 Å². The lowest BCUT2D eigenvalue weighted by Gasteiger charge is -2.11. The van der Waals surface area contributed by atoms with Gasteiger partial charge < -0.3 is 9.53 Å². The van der Waals surface area contributed by atoms with Crippen LogP contribution in [0.4, 0.5) is 0 Å². The van der Waals surface area contributed by atoms with Crippen LogP contribution >= 0.6 is 0 Å². The number of carbonyl (C=O) groups is 2. The van der Waals surface area contributed by atoms with Crippen LogP contribution in [0.25, 0.3) is 0 Å². The summed E-state index contributed by atoms with van der Waals surface area (Å²) >= 11 is 0. The molecule has 0 unspecified atom stereocenters. The third kappa shape index (κ3) is 3.54. The summed E-state index contributed by atoms with van der Waals surface area (Å²) in [5, 5.41) is 0. The summed E-state index contributed by atoms with van der Waals surface area (Å²) in [5.74, 6) is -0.694. The van der Waals surface area contributed by atoms with Crippen LogP contribution in [-0.2, 0) is 20.7 Å². The first kappa shape index (κ1) is 11.4. The van der Waals surface area contributed by atoms with E-state index >= 15 is 0 Å². The maximum absolute atomic E-state index is 11.3. The molecule has 0 bridgehead atoms. The van der Waals surface area contributed by atoms with Crippen molar-refractivity contribution in [3.8, 4) is 0 Å². The summed E-state index contributed by atoms with van der Waals surface area (Å²) in [6.07, 6.45) is 1.51. The lowest BCUT2D eigenvalue weighted by molar-refractivity contribution is -0.146. The normalized spacial score (nSPS) is 11.8. The van der Waals surface area contributed by atoms with Crippen molar-refractivity contribution in [2.75, 3.05) is 7.11 Å². The maximum atomic E-state index is 11.3. The van der Waals surface area contributed by atoms with Crippen LogP contribution in [-0.4, -0.2) is 19.4 Å². The van der Waals surface area contributed by atoms with Gasteiger partial charge in [-0.2, -0.15) is 0 Å². The van der Waals surface area contributed by atoms with Crippen LogP contribution < -0.4 is 0 Å². The number of methoxy groups -OCH3 is 1. The quantitative estimate of drug-likeness (QED) is 0.543. The lowest BCUT2D eigenvalue weighted by atomic mass is 9.97. The van der Waals surface area contributed by atoms with Crippen LogP contribution in [0, 0.1) is 5.92 Å². The molecule has 0 saturated heterocycles. The molecule has 1 rings (SSSR count). The molecule has 0 aliphatic carbocycles. The topological polar surface area (TPSA) is 43.4 Å². The predicted octanol–water partition coefficient (Wildman–Crippen LogP) is 1.61. The zero-order valence-corrected chi connectivity index (χ0v) is 8.68. The second kappa shape index (κ2) is 5.96. The van der Waals surface area contributed by atoms with E-state index in [0.29, 0.717) is 6.42 Å². The summed E-state index contributed by atoms with van der Waals surface area (Å²) in [4.78, 5) is 21.7. The number of benzene rings is 1. The van der Waals surface area contributed by atoms with Crippen LogP contribution in [0.5, 0.6) is 0 Å². The highest BCUT2D eigenvalue weighted by Crippen LogP contribution is 2.12. The van der Waals surface area contributed by atoms with Crippen molar-refractivity contribution in [1.82, 2.24) is 0 Å². The highest BCUT2D eigenvalue weighted by Gasteiger charge is 2.18. The molecule has 1 atom stereocenters. The number of carbonyl (C=O) groups excluding carboxylic acids is 2. The van der Waals surface area contributed by atoms with E-state index in [-0.39, 0.29) is 18.3 Å². The van der Waals surface area contributed by atoms with Crippen LogP contribution in [0.15, 0.2) is 30.3 Å². The van der Waals surface area contributed by atoms with E-state index in [4.69, 9.17) is 0 Å². The van der Waals surface area contributed by atoms with E-state index in [9.17, 15) is 9.59 Å². The van der Waals surface area contributed by atoms with Gasteiger partial charge in [-0.15, -0.1) is 0 Å². The first-order chi connectivity index (χ1) is 7.27. The monoisotopic (exact) mass is 206 g/mol. The molecule has 15 heavy (non-hydrogen) atoms. The van der Waals surface area contributed by atoms with Crippen molar-refractivity contribution >= 4 is 12.3 Å². The molecule has 80 valence electrons. The van der Waals surface area contributed by atoms with Crippen molar-refractivity contribution in [1.29, 1.82) is 0 Å². The van der Waals surface area contributed by atoms with Crippen molar-refractivity contribution < 1.29 is 14.3 Å². The Morgan fingerprint density at radius 2 is 2.07 bits per heavy atom. The van der Waals surface area contributed by atoms with E-state index < -0.39 is 0 Å². The Morgan fingerprint density at radius 1 is 1.40 bits per heavy atom. The summed E-state index contributed by atoms with van der Waals surface area (Å²) in [5.41, 5.74) is 1.04. The SMILES string of the molecule is COC(=O)[C@H](CC=O)Cc1ccccc1. The Hall–Kier alpha value is -1.64. The first-order valence-corrected chi connectivity index (χ1v) is 4.83. The van der Waals surface area contributed by atoms with Gasteiger partial charge in [0.05, 0.1) is 13.0 Å². The molecule has 0 saturated carbocycles. The fourth-order valence-electron chi connectivity index (χ4n) is 1.44. The molecule has 1 aromatic carbocycles. The van der Waals surface area contributed by atoms with Gasteiger partial charge in [0.15, 0.2) is 0 Å². The van der Waals surface area contributed by atoms with Gasteiger partial charge in [-0.3, -0.25) is 4.79 Å². The van der Waals surface area contributed by atoms with Gasteiger partial charge in [0.25, 0.3) is 0 Å². The molecule has 0 aromatic heterocycles. The molecule has 0 N–H and O–H groups in total. The highest BCUT2D eigenvalue weighted by molar-refractivity contribution is 5.75. The number of ether oxygens (including phenoxy) is 1. The molecule has 3 heteroatoms. The van der Waals surface area contributed by atoms with Crippen molar-refractivity contribution in [2.45, 2.75) is 12.8 Å². The average molecular weight is 206 g/mol. The molecule has 0 heterocycles. The van der Waals surface area contributed by atoms with Gasteiger partial charge in [-0.1, -0.05) is 30.3 Å². The van der Waals surface area contributed by atoms with Crippen LogP contribution in [0.1, 0.15) is 12.0 Å². The van der Waals surface area contributed by atoms with Gasteiger partial charge in [0, 0.05) is 6.42 Å². The predicted molar refractivity (Wildman–Crippen MR) is 56.3 cm³/mol. The third-order valence-corrected chi connectivity index (χ3v) is 2.24. The van der Waals surface area contributed by atoms with Gasteiger partial charge in [0.1, 0.15) is 6.29 Å². The van der Waals surface area contributed by atoms with Gasteiger partial charge in [-0.25, -0.2) is 0 Å². The zero-order valence-electron chi connectivity index (χ0n) is 8.68. The van der Waals surface area contributed by atoms with Crippen LogP contribution in [0.3, 0.4) is 0 Å². The van der Waals surface area contributed by atoms with Crippen molar-refractivity contribution in [3.05, 3.63) is 35.9 Å². The third-order valence-electron chi connectivity index (χ3n) is 2.24. The number of esters is 1. The number of rotatable bonds is 5. The fourth-order valence-corrected chi connectivity index (χ4v) is 1.44. The molecule has 0 amide bonds. The smallest absolute Gasteiger partial charge is 0.309 e. The largest absolute Gasteiger partial charge is 0.469 e. The molecular formula is C12H14O3. The molecule has 0 fully saturated rings. The van der Waals surface area contributed by atoms with Gasteiger partial charge in [0.2, 0.25) is 0 Å². The molecule has 0 aliphatic heterocycles. The summed E-state index contributed by atoms with van der Waals surface area (Å²) in [6, 6.07) is 9.59. The van der Waals surface area contributed by atoms with E-state index in [1.807, 2.05) is 30.3 Å². The summed E-state index contributed by atoms with van der Waals surface area (Å²) in [6.45, 7) is 0. The van der Waals surface area contributed by atoms with Crippen LogP contribution in [0.2, 0.25) is 0 Å². The molecular weight excluding hydrogens is 192 g/mol. The summed E-state index contributed by atoms with van der Waals surface area (Å²) in [7, 11) is 1.34. The Bertz CT molecular complexity index is 319. The van der Waals surface area contributed by atoms with Gasteiger partial charge >= 0.3 is 5.97 Å². The van der Waals surface area contributed by atoms with Crippen molar-refractivity contribution in [2.24, 2.45) is 5.92 Å².